The Labute approximate surface area is 96.6 Å². The van der Waals surface area contributed by atoms with Gasteiger partial charge in [0.25, 0.3) is 0 Å². The van der Waals surface area contributed by atoms with Gasteiger partial charge in [-0.15, -0.1) is 0 Å². The zero-order chi connectivity index (χ0) is 11.4. The maximum atomic E-state index is 10.3. The highest BCUT2D eigenvalue weighted by Gasteiger charge is 2.42. The Bertz CT molecular complexity index is 367. The van der Waals surface area contributed by atoms with E-state index in [1.165, 1.54) is 24.0 Å². The summed E-state index contributed by atoms with van der Waals surface area (Å²) in [6.45, 7) is 0. The maximum absolute atomic E-state index is 10.3. The molecule has 0 N–H and O–H groups in total. The van der Waals surface area contributed by atoms with Crippen molar-refractivity contribution in [3.8, 4) is 0 Å². The number of hydrogen-bond donors (Lipinski definition) is 0. The molecule has 0 bridgehead atoms. The summed E-state index contributed by atoms with van der Waals surface area (Å²) < 4.78 is 5.52. The second kappa shape index (κ2) is 4.79. The van der Waals surface area contributed by atoms with Crippen molar-refractivity contribution >= 4 is 6.29 Å². The van der Waals surface area contributed by atoms with Crippen LogP contribution in [0.1, 0.15) is 30.4 Å². The lowest BCUT2D eigenvalue weighted by molar-refractivity contribution is -0.107. The van der Waals surface area contributed by atoms with E-state index in [1.807, 2.05) is 0 Å². The van der Waals surface area contributed by atoms with Gasteiger partial charge < -0.3 is 9.53 Å². The molecule has 0 atom stereocenters. The number of rotatable bonds is 6. The lowest BCUT2D eigenvalue weighted by Gasteiger charge is -2.13. The number of carbonyl (C=O) groups excluding carboxylic acids is 1. The third-order valence-corrected chi connectivity index (χ3v) is 3.31. The molecule has 0 spiro atoms. The Hall–Kier alpha value is -1.15. The van der Waals surface area contributed by atoms with Crippen molar-refractivity contribution < 1.29 is 9.53 Å². The molecule has 0 heterocycles. The molecule has 1 aliphatic carbocycles. The Morgan fingerprint density at radius 2 is 2.12 bits per heavy atom. The molecular weight excluding hydrogens is 200 g/mol. The average Bonchev–Trinajstić information content (AvgIpc) is 3.07. The standard InChI is InChI=1S/C14H18O2/c1-16-14(7-8-14)11-13-5-2-4-12(10-13)6-3-9-15/h2,4-5,9-10H,3,6-8,11H2,1H3. The third-order valence-electron chi connectivity index (χ3n) is 3.31. The van der Waals surface area contributed by atoms with Crippen LogP contribution in [-0.4, -0.2) is 19.0 Å². The fourth-order valence-corrected chi connectivity index (χ4v) is 2.09. The summed E-state index contributed by atoms with van der Waals surface area (Å²) >= 11 is 0. The van der Waals surface area contributed by atoms with Crippen molar-refractivity contribution in [3.63, 3.8) is 0 Å². The molecule has 1 saturated carbocycles. The van der Waals surface area contributed by atoms with Crippen LogP contribution in [0.2, 0.25) is 0 Å². The van der Waals surface area contributed by atoms with E-state index in [4.69, 9.17) is 4.74 Å². The molecule has 1 aliphatic rings. The Morgan fingerprint density at radius 1 is 1.38 bits per heavy atom. The van der Waals surface area contributed by atoms with E-state index in [1.54, 1.807) is 7.11 Å². The smallest absolute Gasteiger partial charge is 0.120 e. The number of aryl methyl sites for hydroxylation is 1. The topological polar surface area (TPSA) is 26.3 Å². The highest BCUT2D eigenvalue weighted by atomic mass is 16.5. The molecule has 86 valence electrons. The van der Waals surface area contributed by atoms with Crippen LogP contribution in [0.25, 0.3) is 0 Å². The number of ether oxygens (including phenoxy) is 1. The van der Waals surface area contributed by atoms with Crippen LogP contribution in [0.5, 0.6) is 0 Å². The number of carbonyl (C=O) groups is 1. The predicted molar refractivity (Wildman–Crippen MR) is 63.5 cm³/mol. The van der Waals surface area contributed by atoms with E-state index in [0.717, 1.165) is 19.1 Å². The van der Waals surface area contributed by atoms with Gasteiger partial charge in [-0.1, -0.05) is 24.3 Å². The first-order chi connectivity index (χ1) is 7.78. The van der Waals surface area contributed by atoms with Gasteiger partial charge in [-0.05, 0) is 30.4 Å². The van der Waals surface area contributed by atoms with Crippen molar-refractivity contribution in [1.82, 2.24) is 0 Å². The quantitative estimate of drug-likeness (QED) is 0.686. The molecule has 2 rings (SSSR count). The Kier molecular flexibility index (Phi) is 3.39. The Morgan fingerprint density at radius 3 is 2.75 bits per heavy atom. The maximum Gasteiger partial charge on any atom is 0.120 e. The molecule has 2 heteroatoms. The van der Waals surface area contributed by atoms with E-state index in [9.17, 15) is 4.79 Å². The summed E-state index contributed by atoms with van der Waals surface area (Å²) in [4.78, 5) is 10.3. The highest BCUT2D eigenvalue weighted by Crippen LogP contribution is 2.41. The minimum Gasteiger partial charge on any atom is -0.378 e. The molecule has 0 saturated heterocycles. The lowest BCUT2D eigenvalue weighted by Crippen LogP contribution is -2.14. The van der Waals surface area contributed by atoms with Gasteiger partial charge in [0.1, 0.15) is 6.29 Å². The first kappa shape index (κ1) is 11.3. The van der Waals surface area contributed by atoms with Gasteiger partial charge in [-0.25, -0.2) is 0 Å². The summed E-state index contributed by atoms with van der Waals surface area (Å²) in [5.41, 5.74) is 2.68. The monoisotopic (exact) mass is 218 g/mol. The summed E-state index contributed by atoms with van der Waals surface area (Å²) in [6, 6.07) is 8.49. The van der Waals surface area contributed by atoms with Crippen LogP contribution < -0.4 is 0 Å². The van der Waals surface area contributed by atoms with Gasteiger partial charge >= 0.3 is 0 Å². The Balaban J connectivity index is 2.01. The number of aldehydes is 1. The third kappa shape index (κ3) is 2.70. The van der Waals surface area contributed by atoms with Crippen LogP contribution in [0.4, 0.5) is 0 Å². The van der Waals surface area contributed by atoms with E-state index < -0.39 is 0 Å². The first-order valence-electron chi connectivity index (χ1n) is 5.85. The molecule has 16 heavy (non-hydrogen) atoms. The van der Waals surface area contributed by atoms with Gasteiger partial charge in [0, 0.05) is 20.0 Å². The largest absolute Gasteiger partial charge is 0.378 e. The minimum absolute atomic E-state index is 0.114. The number of hydrogen-bond acceptors (Lipinski definition) is 2. The van der Waals surface area contributed by atoms with Crippen molar-refractivity contribution in [2.24, 2.45) is 0 Å². The van der Waals surface area contributed by atoms with E-state index in [-0.39, 0.29) is 5.60 Å². The fraction of sp³-hybridized carbons (Fsp3) is 0.500. The van der Waals surface area contributed by atoms with Crippen molar-refractivity contribution in [2.45, 2.75) is 37.7 Å². The van der Waals surface area contributed by atoms with Crippen molar-refractivity contribution in [2.75, 3.05) is 7.11 Å². The zero-order valence-electron chi connectivity index (χ0n) is 9.74. The molecule has 0 radical (unpaired) electrons. The van der Waals surface area contributed by atoms with Crippen molar-refractivity contribution in [1.29, 1.82) is 0 Å². The van der Waals surface area contributed by atoms with E-state index in [2.05, 4.69) is 24.3 Å². The highest BCUT2D eigenvalue weighted by molar-refractivity contribution is 5.50. The molecule has 1 fully saturated rings. The van der Waals surface area contributed by atoms with Gasteiger partial charge in [0.05, 0.1) is 5.60 Å². The van der Waals surface area contributed by atoms with Crippen LogP contribution in [-0.2, 0) is 22.4 Å². The molecule has 1 aromatic rings. The average molecular weight is 218 g/mol. The van der Waals surface area contributed by atoms with E-state index >= 15 is 0 Å². The first-order valence-corrected chi connectivity index (χ1v) is 5.85. The summed E-state index contributed by atoms with van der Waals surface area (Å²) in [5, 5.41) is 0. The SMILES string of the molecule is COC1(Cc2cccc(CCC=O)c2)CC1. The van der Waals surface area contributed by atoms with Crippen LogP contribution in [0.15, 0.2) is 24.3 Å². The molecule has 0 amide bonds. The van der Waals surface area contributed by atoms with Crippen LogP contribution in [0, 0.1) is 0 Å². The van der Waals surface area contributed by atoms with Crippen molar-refractivity contribution in [3.05, 3.63) is 35.4 Å². The van der Waals surface area contributed by atoms with Gasteiger partial charge in [-0.3, -0.25) is 0 Å². The molecule has 0 unspecified atom stereocenters. The predicted octanol–water partition coefficient (Wildman–Crippen LogP) is 2.54. The summed E-state index contributed by atoms with van der Waals surface area (Å²) in [6.07, 6.45) is 5.77. The molecule has 0 aliphatic heterocycles. The number of benzene rings is 1. The normalized spacial score (nSPS) is 17.1. The summed E-state index contributed by atoms with van der Waals surface area (Å²) in [7, 11) is 1.79. The zero-order valence-corrected chi connectivity index (χ0v) is 9.74. The number of methoxy groups -OCH3 is 1. The summed E-state index contributed by atoms with van der Waals surface area (Å²) in [5.74, 6) is 0. The lowest BCUT2D eigenvalue weighted by atomic mass is 10.0. The fourth-order valence-electron chi connectivity index (χ4n) is 2.09. The second-order valence-corrected chi connectivity index (χ2v) is 4.59. The van der Waals surface area contributed by atoms with Gasteiger partial charge in [0.15, 0.2) is 0 Å². The van der Waals surface area contributed by atoms with E-state index in [0.29, 0.717) is 6.42 Å². The molecule has 1 aromatic carbocycles. The van der Waals surface area contributed by atoms with Crippen LogP contribution >= 0.6 is 0 Å². The second-order valence-electron chi connectivity index (χ2n) is 4.59. The molecule has 0 aromatic heterocycles. The minimum atomic E-state index is 0.114. The van der Waals surface area contributed by atoms with Crippen LogP contribution in [0.3, 0.4) is 0 Å². The van der Waals surface area contributed by atoms with Gasteiger partial charge in [-0.2, -0.15) is 0 Å². The molecular formula is C14H18O2. The molecule has 2 nitrogen and oxygen atoms in total. The van der Waals surface area contributed by atoms with Gasteiger partial charge in [0.2, 0.25) is 0 Å².